The minimum atomic E-state index is -0.118. The molecular formula is C21H20N6OS2. The van der Waals surface area contributed by atoms with Gasteiger partial charge >= 0.3 is 0 Å². The van der Waals surface area contributed by atoms with Crippen molar-refractivity contribution in [3.8, 4) is 0 Å². The first-order valence-corrected chi connectivity index (χ1v) is 11.2. The van der Waals surface area contributed by atoms with E-state index in [1.807, 2.05) is 53.1 Å². The van der Waals surface area contributed by atoms with Crippen LogP contribution >= 0.6 is 24.0 Å². The molecule has 1 aliphatic carbocycles. The lowest BCUT2D eigenvalue weighted by atomic mass is 10.1. The van der Waals surface area contributed by atoms with E-state index in [9.17, 15) is 4.79 Å². The summed E-state index contributed by atoms with van der Waals surface area (Å²) in [6.45, 7) is 0.341. The first-order chi connectivity index (χ1) is 14.7. The lowest BCUT2D eigenvalue weighted by Crippen LogP contribution is -2.25. The van der Waals surface area contributed by atoms with Gasteiger partial charge in [0.2, 0.25) is 0 Å². The number of fused-ring (bicyclic) bond motifs is 1. The molecule has 1 fully saturated rings. The van der Waals surface area contributed by atoms with Crippen molar-refractivity contribution < 1.29 is 4.79 Å². The number of H-pyrrole nitrogens is 2. The molecule has 1 saturated carbocycles. The third-order valence-electron chi connectivity index (χ3n) is 5.09. The summed E-state index contributed by atoms with van der Waals surface area (Å²) in [6.07, 6.45) is 2.22. The highest BCUT2D eigenvalue weighted by Crippen LogP contribution is 2.35. The van der Waals surface area contributed by atoms with Gasteiger partial charge in [0, 0.05) is 17.4 Å². The first-order valence-electron chi connectivity index (χ1n) is 9.78. The molecule has 5 rings (SSSR count). The van der Waals surface area contributed by atoms with Crippen LogP contribution in [-0.4, -0.2) is 30.6 Å². The smallest absolute Gasteiger partial charge is 0.251 e. The highest BCUT2D eigenvalue weighted by molar-refractivity contribution is 7.98. The summed E-state index contributed by atoms with van der Waals surface area (Å²) in [4.78, 5) is 20.8. The Balaban J connectivity index is 1.28. The largest absolute Gasteiger partial charge is 0.345 e. The van der Waals surface area contributed by atoms with Gasteiger partial charge in [0.15, 0.2) is 15.8 Å². The molecule has 2 aromatic carbocycles. The van der Waals surface area contributed by atoms with Gasteiger partial charge in [0.25, 0.3) is 5.91 Å². The lowest BCUT2D eigenvalue weighted by Gasteiger charge is -2.10. The summed E-state index contributed by atoms with van der Waals surface area (Å²) in [6, 6.07) is 16.0. The van der Waals surface area contributed by atoms with Gasteiger partial charge < -0.3 is 10.3 Å². The maximum absolute atomic E-state index is 12.9. The number of thioether (sulfide) groups is 1. The molecule has 0 aliphatic heterocycles. The Kier molecular flexibility index (Phi) is 5.14. The highest BCUT2D eigenvalue weighted by Gasteiger charge is 2.27. The molecule has 1 amide bonds. The van der Waals surface area contributed by atoms with Crippen molar-refractivity contribution in [3.05, 3.63) is 70.3 Å². The number of benzene rings is 2. The highest BCUT2D eigenvalue weighted by atomic mass is 32.2. The Hall–Kier alpha value is -2.91. The van der Waals surface area contributed by atoms with Crippen LogP contribution in [0.1, 0.15) is 40.6 Å². The molecule has 4 aromatic rings. The molecule has 2 heterocycles. The van der Waals surface area contributed by atoms with Crippen LogP contribution in [0.3, 0.4) is 0 Å². The predicted octanol–water partition coefficient (Wildman–Crippen LogP) is 4.37. The number of nitrogens with zero attached hydrogens (tertiary/aromatic N) is 3. The molecule has 0 radical (unpaired) electrons. The van der Waals surface area contributed by atoms with Gasteiger partial charge in [-0.25, -0.2) is 4.98 Å². The Morgan fingerprint density at radius 2 is 2.00 bits per heavy atom. The van der Waals surface area contributed by atoms with Crippen molar-refractivity contribution in [2.45, 2.75) is 36.3 Å². The number of para-hydroxylation sites is 2. The monoisotopic (exact) mass is 436 g/mol. The predicted molar refractivity (Wildman–Crippen MR) is 119 cm³/mol. The number of aromatic nitrogens is 5. The molecule has 7 nitrogen and oxygen atoms in total. The van der Waals surface area contributed by atoms with E-state index in [0.717, 1.165) is 40.4 Å². The van der Waals surface area contributed by atoms with Crippen molar-refractivity contribution in [2.24, 2.45) is 0 Å². The summed E-state index contributed by atoms with van der Waals surface area (Å²) >= 11 is 6.89. The number of hydrogen-bond donors (Lipinski definition) is 3. The maximum atomic E-state index is 12.9. The summed E-state index contributed by atoms with van der Waals surface area (Å²) in [7, 11) is 0. The summed E-state index contributed by atoms with van der Waals surface area (Å²) in [5.41, 5.74) is 3.57. The minimum Gasteiger partial charge on any atom is -0.345 e. The van der Waals surface area contributed by atoms with Gasteiger partial charge in [-0.15, -0.1) is 0 Å². The molecule has 152 valence electrons. The van der Waals surface area contributed by atoms with E-state index in [0.29, 0.717) is 28.7 Å². The van der Waals surface area contributed by atoms with Gasteiger partial charge in [-0.2, -0.15) is 5.10 Å². The Morgan fingerprint density at radius 3 is 2.83 bits per heavy atom. The van der Waals surface area contributed by atoms with Crippen LogP contribution in [0.4, 0.5) is 0 Å². The second-order valence-corrected chi connectivity index (χ2v) is 8.58. The van der Waals surface area contributed by atoms with E-state index in [1.54, 1.807) is 11.8 Å². The topological polar surface area (TPSA) is 91.4 Å². The van der Waals surface area contributed by atoms with Crippen LogP contribution in [0.5, 0.6) is 0 Å². The molecule has 0 bridgehead atoms. The van der Waals surface area contributed by atoms with Crippen molar-refractivity contribution in [2.75, 3.05) is 0 Å². The van der Waals surface area contributed by atoms with E-state index >= 15 is 0 Å². The Morgan fingerprint density at radius 1 is 1.20 bits per heavy atom. The van der Waals surface area contributed by atoms with Crippen LogP contribution < -0.4 is 5.32 Å². The summed E-state index contributed by atoms with van der Waals surface area (Å²) in [5.74, 6) is 1.29. The van der Waals surface area contributed by atoms with E-state index in [-0.39, 0.29) is 5.91 Å². The van der Waals surface area contributed by atoms with E-state index in [4.69, 9.17) is 12.2 Å². The second kappa shape index (κ2) is 8.08. The zero-order valence-corrected chi connectivity index (χ0v) is 17.7. The molecule has 0 spiro atoms. The number of carbonyl (C=O) groups excluding carboxylic acids is 1. The van der Waals surface area contributed by atoms with Crippen LogP contribution in [0.2, 0.25) is 0 Å². The molecule has 0 atom stereocenters. The SMILES string of the molecule is O=C(NCc1n[nH]c(=S)n1C1CC1)c1ccccc1CSc1nc2ccccc2[nH]1. The third-order valence-corrected chi connectivity index (χ3v) is 6.30. The molecule has 30 heavy (non-hydrogen) atoms. The summed E-state index contributed by atoms with van der Waals surface area (Å²) in [5, 5.41) is 10.9. The van der Waals surface area contributed by atoms with Gasteiger partial charge in [-0.05, 0) is 48.8 Å². The zero-order valence-electron chi connectivity index (χ0n) is 16.1. The van der Waals surface area contributed by atoms with Crippen LogP contribution in [0.25, 0.3) is 11.0 Å². The van der Waals surface area contributed by atoms with Gasteiger partial charge in [-0.1, -0.05) is 42.1 Å². The average Bonchev–Trinajstić information content (AvgIpc) is 3.40. The normalized spacial score (nSPS) is 13.6. The molecular weight excluding hydrogens is 416 g/mol. The molecule has 3 N–H and O–H groups in total. The standard InChI is InChI=1S/C21H20N6OS2/c28-19(22-11-18-25-26-21(29)27(18)14-9-10-14)15-6-2-1-5-13(15)12-30-20-23-16-7-3-4-8-17(16)24-20/h1-8,14H,9-12H2,(H,22,28)(H,23,24)(H,26,29). The quantitative estimate of drug-likeness (QED) is 0.295. The van der Waals surface area contributed by atoms with Crippen molar-refractivity contribution >= 4 is 40.9 Å². The number of rotatable bonds is 7. The second-order valence-electron chi connectivity index (χ2n) is 7.23. The summed E-state index contributed by atoms with van der Waals surface area (Å²) < 4.78 is 2.63. The van der Waals surface area contributed by atoms with Gasteiger partial charge in [-0.3, -0.25) is 14.5 Å². The fourth-order valence-electron chi connectivity index (χ4n) is 3.44. The molecule has 0 unspecified atom stereocenters. The van der Waals surface area contributed by atoms with Gasteiger partial charge in [0.05, 0.1) is 17.6 Å². The van der Waals surface area contributed by atoms with Crippen LogP contribution in [0, 0.1) is 4.77 Å². The maximum Gasteiger partial charge on any atom is 0.251 e. The lowest BCUT2D eigenvalue weighted by molar-refractivity contribution is 0.0948. The molecule has 9 heteroatoms. The average molecular weight is 437 g/mol. The number of aromatic amines is 2. The first kappa shape index (κ1) is 19.1. The molecule has 0 saturated heterocycles. The number of imidazole rings is 1. The Bertz CT molecular complexity index is 1240. The Labute approximate surface area is 182 Å². The van der Waals surface area contributed by atoms with E-state index < -0.39 is 0 Å². The minimum absolute atomic E-state index is 0.118. The fourth-order valence-corrected chi connectivity index (χ4v) is 4.63. The van der Waals surface area contributed by atoms with Crippen LogP contribution in [-0.2, 0) is 12.3 Å². The molecule has 1 aliphatic rings. The molecule has 2 aromatic heterocycles. The fraction of sp³-hybridized carbons (Fsp3) is 0.238. The number of hydrogen-bond acceptors (Lipinski definition) is 5. The number of carbonyl (C=O) groups is 1. The number of amides is 1. The van der Waals surface area contributed by atoms with E-state index in [1.165, 1.54) is 0 Å². The van der Waals surface area contributed by atoms with E-state index in [2.05, 4.69) is 25.5 Å². The van der Waals surface area contributed by atoms with Gasteiger partial charge in [0.1, 0.15) is 0 Å². The van der Waals surface area contributed by atoms with Crippen LogP contribution in [0.15, 0.2) is 53.7 Å². The van der Waals surface area contributed by atoms with Crippen molar-refractivity contribution in [1.29, 1.82) is 0 Å². The third kappa shape index (κ3) is 3.90. The van der Waals surface area contributed by atoms with Crippen molar-refractivity contribution in [1.82, 2.24) is 30.0 Å². The van der Waals surface area contributed by atoms with Crippen molar-refractivity contribution in [3.63, 3.8) is 0 Å². The zero-order chi connectivity index (χ0) is 20.5. The number of nitrogens with one attached hydrogen (secondary N) is 3.